The van der Waals surface area contributed by atoms with E-state index in [-0.39, 0.29) is 17.3 Å². The molecule has 0 radical (unpaired) electrons. The predicted octanol–water partition coefficient (Wildman–Crippen LogP) is 6.99. The summed E-state index contributed by atoms with van der Waals surface area (Å²) in [5, 5.41) is 9.41. The number of hydrogen-bond donors (Lipinski definition) is 0. The van der Waals surface area contributed by atoms with Crippen LogP contribution in [0.3, 0.4) is 0 Å². The van der Waals surface area contributed by atoms with E-state index in [0.717, 1.165) is 36.1 Å². The highest BCUT2D eigenvalue weighted by atomic mass is 16.5. The van der Waals surface area contributed by atoms with Gasteiger partial charge in [-0.05, 0) is 80.2 Å². The highest BCUT2D eigenvalue weighted by Crippen LogP contribution is 2.36. The molecule has 2 aliphatic rings. The Morgan fingerprint density at radius 3 is 2.67 bits per heavy atom. The van der Waals surface area contributed by atoms with E-state index in [9.17, 15) is 5.26 Å². The van der Waals surface area contributed by atoms with Crippen LogP contribution in [-0.2, 0) is 11.2 Å². The molecule has 2 aromatic carbocycles. The van der Waals surface area contributed by atoms with Gasteiger partial charge in [-0.25, -0.2) is 10.1 Å². The van der Waals surface area contributed by atoms with Gasteiger partial charge in [0.1, 0.15) is 11.9 Å². The van der Waals surface area contributed by atoms with Gasteiger partial charge >= 0.3 is 0 Å². The number of hydrogen-bond acceptors (Lipinski definition) is 3. The maximum atomic E-state index is 9.41. The first-order valence-electron chi connectivity index (χ1n) is 11.4. The Bertz CT molecular complexity index is 1180. The van der Waals surface area contributed by atoms with E-state index >= 15 is 0 Å². The summed E-state index contributed by atoms with van der Waals surface area (Å²) in [6.45, 7) is 15.2. The topological polar surface area (TPSA) is 40.6 Å². The van der Waals surface area contributed by atoms with Crippen molar-refractivity contribution in [3.8, 4) is 6.07 Å². The smallest absolute Gasteiger partial charge is 0.265 e. The minimum atomic E-state index is -0.222. The van der Waals surface area contributed by atoms with Gasteiger partial charge in [0.15, 0.2) is 0 Å². The lowest BCUT2D eigenvalue weighted by atomic mass is 9.94. The number of allylic oxidation sites excluding steroid dienone is 3. The van der Waals surface area contributed by atoms with Crippen LogP contribution in [0.2, 0.25) is 0 Å². The fourth-order valence-corrected chi connectivity index (χ4v) is 4.54. The van der Waals surface area contributed by atoms with Crippen molar-refractivity contribution in [2.24, 2.45) is 0 Å². The van der Waals surface area contributed by atoms with E-state index in [1.54, 1.807) is 0 Å². The van der Waals surface area contributed by atoms with E-state index in [4.69, 9.17) is 11.3 Å². The Labute approximate surface area is 196 Å². The summed E-state index contributed by atoms with van der Waals surface area (Å²) in [6.07, 6.45) is 8.35. The summed E-state index contributed by atoms with van der Waals surface area (Å²) >= 11 is 0. The normalized spacial score (nSPS) is 19.7. The SMILES string of the molecule is [C-]#[N+]C(C#N)=C1C=C(C=Cc2ccc3c(c2)CCCN3C(C)(C)C)OC(c2ccccc2)C1. The number of nitrogens with zero attached hydrogens (tertiary/aromatic N) is 3. The average molecular weight is 436 g/mol. The van der Waals surface area contributed by atoms with E-state index in [1.807, 2.05) is 48.6 Å². The first kappa shape index (κ1) is 22.4. The van der Waals surface area contributed by atoms with Crippen LogP contribution >= 0.6 is 0 Å². The maximum absolute atomic E-state index is 9.41. The summed E-state index contributed by atoms with van der Waals surface area (Å²) in [5.41, 5.74) is 5.80. The third kappa shape index (κ3) is 5.02. The fourth-order valence-electron chi connectivity index (χ4n) is 4.54. The Morgan fingerprint density at radius 2 is 1.97 bits per heavy atom. The van der Waals surface area contributed by atoms with Crippen molar-refractivity contribution in [1.29, 1.82) is 5.26 Å². The number of nitriles is 1. The molecule has 0 amide bonds. The number of anilines is 1. The first-order valence-corrected chi connectivity index (χ1v) is 11.4. The number of aryl methyl sites for hydroxylation is 1. The second kappa shape index (κ2) is 9.39. The number of benzene rings is 2. The van der Waals surface area contributed by atoms with Crippen molar-refractivity contribution < 1.29 is 4.74 Å². The largest absolute Gasteiger partial charge is 0.485 e. The predicted molar refractivity (Wildman–Crippen MR) is 133 cm³/mol. The summed E-state index contributed by atoms with van der Waals surface area (Å²) < 4.78 is 6.26. The van der Waals surface area contributed by atoms with Crippen LogP contribution in [0.25, 0.3) is 10.9 Å². The monoisotopic (exact) mass is 435 g/mol. The van der Waals surface area contributed by atoms with Crippen LogP contribution in [-0.4, -0.2) is 12.1 Å². The van der Waals surface area contributed by atoms with E-state index in [0.29, 0.717) is 12.2 Å². The Kier molecular flexibility index (Phi) is 6.38. The summed E-state index contributed by atoms with van der Waals surface area (Å²) in [6, 6.07) is 18.6. The van der Waals surface area contributed by atoms with Crippen LogP contribution in [0.1, 0.15) is 56.4 Å². The molecule has 33 heavy (non-hydrogen) atoms. The van der Waals surface area contributed by atoms with Crippen LogP contribution in [0.5, 0.6) is 0 Å². The Balaban J connectivity index is 1.63. The van der Waals surface area contributed by atoms with Gasteiger partial charge in [-0.2, -0.15) is 0 Å². The van der Waals surface area contributed by atoms with Gasteiger partial charge in [0, 0.05) is 24.2 Å². The molecule has 0 aliphatic carbocycles. The molecule has 0 aromatic heterocycles. The Morgan fingerprint density at radius 1 is 1.18 bits per heavy atom. The molecule has 0 saturated carbocycles. The van der Waals surface area contributed by atoms with Crippen LogP contribution < -0.4 is 4.90 Å². The third-order valence-electron chi connectivity index (χ3n) is 6.17. The molecule has 4 rings (SSSR count). The average Bonchev–Trinajstić information content (AvgIpc) is 2.83. The van der Waals surface area contributed by atoms with Gasteiger partial charge in [-0.15, -0.1) is 0 Å². The molecule has 166 valence electrons. The first-order chi connectivity index (χ1) is 15.9. The molecule has 0 spiro atoms. The van der Waals surface area contributed by atoms with Gasteiger partial charge in [-0.3, -0.25) is 0 Å². The summed E-state index contributed by atoms with van der Waals surface area (Å²) in [7, 11) is 0. The quantitative estimate of drug-likeness (QED) is 0.385. The molecule has 2 aromatic rings. The molecule has 2 heterocycles. The Hall–Kier alpha value is -3.76. The van der Waals surface area contributed by atoms with Crippen molar-refractivity contribution in [2.75, 3.05) is 11.4 Å². The summed E-state index contributed by atoms with van der Waals surface area (Å²) in [5.74, 6) is 0.663. The molecule has 0 fully saturated rings. The van der Waals surface area contributed by atoms with Gasteiger partial charge in [0.2, 0.25) is 0 Å². The van der Waals surface area contributed by atoms with Crippen molar-refractivity contribution >= 4 is 11.8 Å². The lowest BCUT2D eigenvalue weighted by molar-refractivity contribution is 0.118. The second-order valence-electron chi connectivity index (χ2n) is 9.51. The van der Waals surface area contributed by atoms with E-state index < -0.39 is 0 Å². The molecule has 2 aliphatic heterocycles. The highest BCUT2D eigenvalue weighted by molar-refractivity contribution is 5.64. The van der Waals surface area contributed by atoms with Crippen molar-refractivity contribution in [3.05, 3.63) is 106 Å². The van der Waals surface area contributed by atoms with Gasteiger partial charge in [0.05, 0.1) is 12.6 Å². The fraction of sp³-hybridized carbons (Fsp3) is 0.310. The van der Waals surface area contributed by atoms with Gasteiger partial charge in [0.25, 0.3) is 5.70 Å². The molecule has 0 bridgehead atoms. The molecule has 4 heteroatoms. The zero-order valence-electron chi connectivity index (χ0n) is 19.5. The van der Waals surface area contributed by atoms with E-state index in [1.165, 1.54) is 11.3 Å². The highest BCUT2D eigenvalue weighted by Gasteiger charge is 2.26. The molecule has 0 saturated heterocycles. The molecule has 1 unspecified atom stereocenters. The zero-order valence-corrected chi connectivity index (χ0v) is 19.5. The van der Waals surface area contributed by atoms with E-state index in [2.05, 4.69) is 54.8 Å². The molecular weight excluding hydrogens is 406 g/mol. The van der Waals surface area contributed by atoms with Crippen LogP contribution in [0.4, 0.5) is 5.69 Å². The number of rotatable bonds is 3. The van der Waals surface area contributed by atoms with Crippen LogP contribution in [0.15, 0.2) is 77.7 Å². The zero-order chi connectivity index (χ0) is 23.4. The van der Waals surface area contributed by atoms with Crippen molar-refractivity contribution in [1.82, 2.24) is 0 Å². The number of ether oxygens (including phenoxy) is 1. The van der Waals surface area contributed by atoms with Gasteiger partial charge in [-0.1, -0.05) is 42.5 Å². The van der Waals surface area contributed by atoms with Gasteiger partial charge < -0.3 is 9.64 Å². The lowest BCUT2D eigenvalue weighted by Crippen LogP contribution is -2.44. The maximum Gasteiger partial charge on any atom is 0.265 e. The molecular formula is C29H29N3O. The lowest BCUT2D eigenvalue weighted by Gasteiger charge is -2.41. The minimum absolute atomic E-state index is 0.101. The van der Waals surface area contributed by atoms with Crippen molar-refractivity contribution in [3.63, 3.8) is 0 Å². The summed E-state index contributed by atoms with van der Waals surface area (Å²) in [4.78, 5) is 5.91. The standard InChI is InChI=1S/C29H29N3O/c1-29(2,3)32-16-8-11-23-17-21(13-15-27(23)32)12-14-25-18-24(26(20-30)31-4)19-28(33-25)22-9-6-5-7-10-22/h5-7,9-10,12-15,17-18,28H,8,11,16,19H2,1-3H3. The number of fused-ring (bicyclic) bond motifs is 1. The minimum Gasteiger partial charge on any atom is -0.485 e. The molecule has 4 nitrogen and oxygen atoms in total. The van der Waals surface area contributed by atoms with Crippen molar-refractivity contribution in [2.45, 2.75) is 51.7 Å². The molecule has 1 atom stereocenters. The third-order valence-corrected chi connectivity index (χ3v) is 6.17. The van der Waals surface area contributed by atoms with Crippen LogP contribution in [0, 0.1) is 17.9 Å². The second-order valence-corrected chi connectivity index (χ2v) is 9.51. The molecule has 0 N–H and O–H groups in total.